The molecular weight excluding hydrogens is 302 g/mol. The maximum absolute atomic E-state index is 12.1. The van der Waals surface area contributed by atoms with Crippen LogP contribution in [0.3, 0.4) is 0 Å². The van der Waals surface area contributed by atoms with Crippen LogP contribution in [-0.2, 0) is 11.3 Å². The summed E-state index contributed by atoms with van der Waals surface area (Å²) in [5.41, 5.74) is 0.871. The van der Waals surface area contributed by atoms with Crippen LogP contribution in [0.25, 0.3) is 0 Å². The number of amides is 1. The van der Waals surface area contributed by atoms with Gasteiger partial charge in [-0.3, -0.25) is 4.79 Å². The Kier molecular flexibility index (Phi) is 5.23. The lowest BCUT2D eigenvalue weighted by atomic mass is 10.0. The number of aromatic nitrogens is 3. The number of ether oxygens (including phenoxy) is 1. The quantitative estimate of drug-likeness (QED) is 0.611. The Morgan fingerprint density at radius 3 is 2.83 bits per heavy atom. The van der Waals surface area contributed by atoms with Gasteiger partial charge in [0.1, 0.15) is 12.3 Å². The molecule has 0 fully saturated rings. The van der Waals surface area contributed by atoms with E-state index < -0.39 is 10.9 Å². The lowest BCUT2D eigenvalue weighted by Gasteiger charge is -2.19. The molecule has 2 rings (SSSR count). The third-order valence-electron chi connectivity index (χ3n) is 3.25. The van der Waals surface area contributed by atoms with Gasteiger partial charge in [-0.1, -0.05) is 30.1 Å². The maximum Gasteiger partial charge on any atom is 0.490 e. The Morgan fingerprint density at radius 1 is 1.48 bits per heavy atom. The molecule has 9 nitrogen and oxygen atoms in total. The van der Waals surface area contributed by atoms with Crippen LogP contribution in [0.2, 0.25) is 0 Å². The summed E-state index contributed by atoms with van der Waals surface area (Å²) in [6.07, 6.45) is 1.82. The van der Waals surface area contributed by atoms with Crippen LogP contribution in [0.5, 0.6) is 5.75 Å². The first-order valence-electron chi connectivity index (χ1n) is 7.01. The molecule has 0 radical (unpaired) electrons. The third kappa shape index (κ3) is 4.02. The molecular formula is C14H17N5O4. The Hall–Kier alpha value is -2.97. The number of methoxy groups -OCH3 is 1. The van der Waals surface area contributed by atoms with Crippen LogP contribution in [-0.4, -0.2) is 32.7 Å². The van der Waals surface area contributed by atoms with Crippen molar-refractivity contribution in [1.82, 2.24) is 20.1 Å². The molecule has 1 aromatic carbocycles. The summed E-state index contributed by atoms with van der Waals surface area (Å²) >= 11 is 0. The number of nitrogens with one attached hydrogen (secondary N) is 1. The van der Waals surface area contributed by atoms with E-state index in [2.05, 4.69) is 15.4 Å². The van der Waals surface area contributed by atoms with Gasteiger partial charge in [0.2, 0.25) is 12.2 Å². The fraction of sp³-hybridized carbons (Fsp3) is 0.357. The van der Waals surface area contributed by atoms with Gasteiger partial charge in [0.15, 0.2) is 0 Å². The largest absolute Gasteiger partial charge is 0.496 e. The number of carbonyl (C=O) groups excluding carboxylic acids is 1. The van der Waals surface area contributed by atoms with Crippen molar-refractivity contribution in [2.24, 2.45) is 0 Å². The van der Waals surface area contributed by atoms with Gasteiger partial charge in [-0.25, -0.2) is 0 Å². The smallest absolute Gasteiger partial charge is 0.490 e. The molecule has 0 aliphatic carbocycles. The Bertz CT molecular complexity index is 700. The summed E-state index contributed by atoms with van der Waals surface area (Å²) in [6, 6.07) is 7.20. The van der Waals surface area contributed by atoms with E-state index in [-0.39, 0.29) is 18.5 Å². The van der Waals surface area contributed by atoms with E-state index in [1.54, 1.807) is 7.11 Å². The molecule has 122 valence electrons. The second kappa shape index (κ2) is 7.34. The third-order valence-corrected chi connectivity index (χ3v) is 3.25. The molecule has 1 aromatic heterocycles. The summed E-state index contributed by atoms with van der Waals surface area (Å²) in [5, 5.41) is 17.0. The van der Waals surface area contributed by atoms with E-state index in [9.17, 15) is 14.9 Å². The van der Waals surface area contributed by atoms with Gasteiger partial charge in [0, 0.05) is 10.7 Å². The first-order valence-corrected chi connectivity index (χ1v) is 7.01. The van der Waals surface area contributed by atoms with Gasteiger partial charge in [0.25, 0.3) is 0 Å². The Balaban J connectivity index is 2.06. The number of para-hydroxylation sites is 1. The monoisotopic (exact) mass is 319 g/mol. The van der Waals surface area contributed by atoms with Crippen LogP contribution in [0.4, 0.5) is 5.95 Å². The molecule has 0 aliphatic rings. The summed E-state index contributed by atoms with van der Waals surface area (Å²) in [6.45, 7) is 1.80. The number of hydrogen-bond donors (Lipinski definition) is 1. The SMILES string of the molecule is CC[C@@H](NC(=O)Cn1cnc([N+](=O)[O-])n1)c1ccccc1OC. The first kappa shape index (κ1) is 16.4. The zero-order valence-corrected chi connectivity index (χ0v) is 12.8. The highest BCUT2D eigenvalue weighted by Crippen LogP contribution is 2.26. The molecule has 23 heavy (non-hydrogen) atoms. The highest BCUT2D eigenvalue weighted by Gasteiger charge is 2.19. The number of rotatable bonds is 7. The zero-order valence-electron chi connectivity index (χ0n) is 12.8. The standard InChI is InChI=1S/C14H17N5O4/c1-3-11(10-6-4-5-7-12(10)23-2)16-13(20)8-18-9-15-14(17-18)19(21)22/h4-7,9,11H,3,8H2,1-2H3,(H,16,20)/t11-/m1/s1. The fourth-order valence-electron chi connectivity index (χ4n) is 2.19. The molecule has 0 bridgehead atoms. The molecule has 0 aliphatic heterocycles. The Morgan fingerprint density at radius 2 is 2.22 bits per heavy atom. The van der Waals surface area contributed by atoms with Crippen LogP contribution in [0.1, 0.15) is 24.9 Å². The van der Waals surface area contributed by atoms with Crippen LogP contribution >= 0.6 is 0 Å². The predicted octanol–water partition coefficient (Wildman–Crippen LogP) is 1.46. The van der Waals surface area contributed by atoms with Crippen LogP contribution < -0.4 is 10.1 Å². The minimum Gasteiger partial charge on any atom is -0.496 e. The number of hydrogen-bond acceptors (Lipinski definition) is 6. The molecule has 1 N–H and O–H groups in total. The molecule has 0 saturated carbocycles. The number of nitrogens with zero attached hydrogens (tertiary/aromatic N) is 4. The lowest BCUT2D eigenvalue weighted by molar-refractivity contribution is -0.394. The summed E-state index contributed by atoms with van der Waals surface area (Å²) in [4.78, 5) is 25.5. The molecule has 0 saturated heterocycles. The minimum atomic E-state index is -0.710. The van der Waals surface area contributed by atoms with Crippen molar-refractivity contribution in [3.8, 4) is 5.75 Å². The lowest BCUT2D eigenvalue weighted by Crippen LogP contribution is -2.31. The highest BCUT2D eigenvalue weighted by molar-refractivity contribution is 5.76. The van der Waals surface area contributed by atoms with Crippen molar-refractivity contribution >= 4 is 11.9 Å². The van der Waals surface area contributed by atoms with Gasteiger partial charge in [-0.2, -0.15) is 4.68 Å². The van der Waals surface area contributed by atoms with Gasteiger partial charge in [0.05, 0.1) is 13.2 Å². The summed E-state index contributed by atoms with van der Waals surface area (Å²) < 4.78 is 6.43. The van der Waals surface area contributed by atoms with Crippen molar-refractivity contribution < 1.29 is 14.5 Å². The van der Waals surface area contributed by atoms with Crippen molar-refractivity contribution in [3.05, 3.63) is 46.3 Å². The zero-order chi connectivity index (χ0) is 16.8. The molecule has 9 heteroatoms. The average molecular weight is 319 g/mol. The number of nitro groups is 1. The van der Waals surface area contributed by atoms with Gasteiger partial charge < -0.3 is 20.2 Å². The highest BCUT2D eigenvalue weighted by atomic mass is 16.6. The topological polar surface area (TPSA) is 112 Å². The first-order chi connectivity index (χ1) is 11.0. The van der Waals surface area contributed by atoms with E-state index in [1.165, 1.54) is 0 Å². The molecule has 0 spiro atoms. The van der Waals surface area contributed by atoms with E-state index in [4.69, 9.17) is 4.74 Å². The second-order valence-electron chi connectivity index (χ2n) is 4.77. The normalized spacial score (nSPS) is 11.7. The fourth-order valence-corrected chi connectivity index (χ4v) is 2.19. The summed E-state index contributed by atoms with van der Waals surface area (Å²) in [7, 11) is 1.57. The van der Waals surface area contributed by atoms with E-state index in [0.717, 1.165) is 16.6 Å². The minimum absolute atomic E-state index is 0.146. The second-order valence-corrected chi connectivity index (χ2v) is 4.77. The van der Waals surface area contributed by atoms with E-state index in [0.29, 0.717) is 12.2 Å². The van der Waals surface area contributed by atoms with E-state index in [1.807, 2.05) is 31.2 Å². The van der Waals surface area contributed by atoms with Gasteiger partial charge in [-0.05, 0) is 17.4 Å². The van der Waals surface area contributed by atoms with Crippen molar-refractivity contribution in [2.45, 2.75) is 25.9 Å². The summed E-state index contributed by atoms with van der Waals surface area (Å²) in [5.74, 6) is -0.159. The molecule has 1 heterocycles. The number of carbonyl (C=O) groups is 1. The number of benzene rings is 1. The van der Waals surface area contributed by atoms with Gasteiger partial charge >= 0.3 is 5.95 Å². The Labute approximate surface area is 132 Å². The predicted molar refractivity (Wildman–Crippen MR) is 80.8 cm³/mol. The van der Waals surface area contributed by atoms with Crippen LogP contribution in [0, 0.1) is 10.1 Å². The molecule has 0 unspecified atom stereocenters. The molecule has 2 aromatic rings. The average Bonchev–Trinajstić information content (AvgIpc) is 3.01. The van der Waals surface area contributed by atoms with Gasteiger partial charge in [-0.15, -0.1) is 0 Å². The maximum atomic E-state index is 12.1. The molecule has 1 atom stereocenters. The van der Waals surface area contributed by atoms with Crippen LogP contribution in [0.15, 0.2) is 30.6 Å². The van der Waals surface area contributed by atoms with Crippen molar-refractivity contribution in [3.63, 3.8) is 0 Å². The van der Waals surface area contributed by atoms with E-state index >= 15 is 0 Å². The van der Waals surface area contributed by atoms with Crippen molar-refractivity contribution in [2.75, 3.05) is 7.11 Å². The molecule has 1 amide bonds. The van der Waals surface area contributed by atoms with Crippen molar-refractivity contribution in [1.29, 1.82) is 0 Å².